The van der Waals surface area contributed by atoms with Crippen LogP contribution in [0.1, 0.15) is 20.8 Å². The summed E-state index contributed by atoms with van der Waals surface area (Å²) in [5.41, 5.74) is 2.82. The average Bonchev–Trinajstić information content (AvgIpc) is 2.95. The van der Waals surface area contributed by atoms with Crippen molar-refractivity contribution in [2.24, 2.45) is 0 Å². The molecule has 5 nitrogen and oxygen atoms in total. The molecule has 2 aromatic carbocycles. The van der Waals surface area contributed by atoms with Crippen molar-refractivity contribution < 1.29 is 9.53 Å². The van der Waals surface area contributed by atoms with E-state index in [1.807, 2.05) is 43.3 Å². The van der Waals surface area contributed by atoms with E-state index in [0.717, 1.165) is 29.3 Å². The van der Waals surface area contributed by atoms with Crippen LogP contribution in [0.2, 0.25) is 0 Å². The molecule has 0 atom stereocenters. The van der Waals surface area contributed by atoms with E-state index in [1.54, 1.807) is 6.20 Å². The fourth-order valence-electron chi connectivity index (χ4n) is 2.95. The second-order valence-electron chi connectivity index (χ2n) is 6.16. The van der Waals surface area contributed by atoms with Crippen molar-refractivity contribution in [2.45, 2.75) is 13.5 Å². The van der Waals surface area contributed by atoms with Crippen molar-refractivity contribution >= 4 is 28.1 Å². The molecule has 1 amide bonds. The molecule has 0 unspecified atom stereocenters. The Bertz CT molecular complexity index is 924. The molecule has 0 saturated heterocycles. The van der Waals surface area contributed by atoms with Crippen molar-refractivity contribution in [2.75, 3.05) is 23.4 Å². The highest BCUT2D eigenvalue weighted by Crippen LogP contribution is 2.28. The number of aryl methyl sites for hydroxylation is 1. The van der Waals surface area contributed by atoms with E-state index in [2.05, 4.69) is 27.3 Å². The van der Waals surface area contributed by atoms with E-state index in [-0.39, 0.29) is 5.91 Å². The first-order valence-corrected chi connectivity index (χ1v) is 9.30. The van der Waals surface area contributed by atoms with Gasteiger partial charge in [0.25, 0.3) is 5.91 Å². The Balaban J connectivity index is 1.53. The zero-order chi connectivity index (χ0) is 17.9. The van der Waals surface area contributed by atoms with Crippen LogP contribution in [-0.4, -0.2) is 24.0 Å². The lowest BCUT2D eigenvalue weighted by Crippen LogP contribution is -2.25. The van der Waals surface area contributed by atoms with Crippen molar-refractivity contribution in [3.05, 3.63) is 70.7 Å². The summed E-state index contributed by atoms with van der Waals surface area (Å²) < 4.78 is 5.91. The lowest BCUT2D eigenvalue weighted by molar-refractivity contribution is 0.102. The summed E-state index contributed by atoms with van der Waals surface area (Å²) >= 11 is 1.46. The molecule has 3 aromatic rings. The van der Waals surface area contributed by atoms with Crippen LogP contribution in [0.25, 0.3) is 0 Å². The van der Waals surface area contributed by atoms with E-state index in [1.165, 1.54) is 17.0 Å². The Hall–Kier alpha value is -2.86. The number of carbonyl (C=O) groups is 1. The Kier molecular flexibility index (Phi) is 4.58. The van der Waals surface area contributed by atoms with Crippen LogP contribution in [0.5, 0.6) is 5.75 Å². The van der Waals surface area contributed by atoms with Crippen LogP contribution in [0.3, 0.4) is 0 Å². The molecule has 0 bridgehead atoms. The molecule has 0 fully saturated rings. The predicted octanol–water partition coefficient (Wildman–Crippen LogP) is 4.10. The maximum atomic E-state index is 12.5. The van der Waals surface area contributed by atoms with Crippen LogP contribution >= 0.6 is 11.3 Å². The number of benzene rings is 2. The molecule has 1 N–H and O–H groups in total. The van der Waals surface area contributed by atoms with Gasteiger partial charge >= 0.3 is 0 Å². The first-order valence-electron chi connectivity index (χ1n) is 8.48. The first-order chi connectivity index (χ1) is 12.7. The van der Waals surface area contributed by atoms with E-state index in [9.17, 15) is 4.79 Å². The van der Waals surface area contributed by atoms with Gasteiger partial charge in [-0.05, 0) is 31.2 Å². The lowest BCUT2D eigenvalue weighted by atomic mass is 10.1. The second kappa shape index (κ2) is 7.17. The fraction of sp³-hybridized carbons (Fsp3) is 0.200. The number of anilines is 2. The van der Waals surface area contributed by atoms with E-state index in [0.29, 0.717) is 17.3 Å². The molecule has 1 aromatic heterocycles. The van der Waals surface area contributed by atoms with Crippen molar-refractivity contribution in [1.29, 1.82) is 0 Å². The molecule has 132 valence electrons. The Morgan fingerprint density at radius 2 is 2.08 bits per heavy atom. The molecule has 6 heteroatoms. The summed E-state index contributed by atoms with van der Waals surface area (Å²) in [7, 11) is 0. The van der Waals surface area contributed by atoms with Crippen LogP contribution in [-0.2, 0) is 6.54 Å². The van der Waals surface area contributed by atoms with Gasteiger partial charge in [-0.2, -0.15) is 0 Å². The number of carbonyl (C=O) groups excluding carboxylic acids is 1. The van der Waals surface area contributed by atoms with Crippen LogP contribution in [0.15, 0.2) is 54.7 Å². The third kappa shape index (κ3) is 3.55. The summed E-state index contributed by atoms with van der Waals surface area (Å²) in [6.45, 7) is 4.10. The largest absolute Gasteiger partial charge is 0.491 e. The zero-order valence-electron chi connectivity index (χ0n) is 14.4. The third-order valence-corrected chi connectivity index (χ3v) is 5.10. The van der Waals surface area contributed by atoms with Gasteiger partial charge in [-0.1, -0.05) is 24.3 Å². The van der Waals surface area contributed by atoms with Gasteiger partial charge in [-0.25, -0.2) is 4.98 Å². The SMILES string of the molecule is Cc1cnc(NC(=O)c2ccc3c(c2)OCCN(c2ccccc2)C3)s1. The minimum Gasteiger partial charge on any atom is -0.491 e. The number of aromatic nitrogens is 1. The quantitative estimate of drug-likeness (QED) is 0.759. The number of rotatable bonds is 3. The number of nitrogens with one attached hydrogen (secondary N) is 1. The minimum atomic E-state index is -0.171. The highest BCUT2D eigenvalue weighted by molar-refractivity contribution is 7.15. The normalized spacial score (nSPS) is 13.5. The summed E-state index contributed by atoms with van der Waals surface area (Å²) in [5.74, 6) is 0.598. The maximum Gasteiger partial charge on any atom is 0.257 e. The van der Waals surface area contributed by atoms with Crippen LogP contribution in [0, 0.1) is 6.92 Å². The van der Waals surface area contributed by atoms with E-state index in [4.69, 9.17) is 4.74 Å². The highest BCUT2D eigenvalue weighted by atomic mass is 32.1. The minimum absolute atomic E-state index is 0.171. The Morgan fingerprint density at radius 1 is 1.23 bits per heavy atom. The number of ether oxygens (including phenoxy) is 1. The molecular formula is C20H19N3O2S. The highest BCUT2D eigenvalue weighted by Gasteiger charge is 2.18. The predicted molar refractivity (Wildman–Crippen MR) is 104 cm³/mol. The Morgan fingerprint density at radius 3 is 2.85 bits per heavy atom. The third-order valence-electron chi connectivity index (χ3n) is 4.27. The Labute approximate surface area is 156 Å². The van der Waals surface area contributed by atoms with Gasteiger partial charge in [0.15, 0.2) is 5.13 Å². The average molecular weight is 365 g/mol. The van der Waals surface area contributed by atoms with Gasteiger partial charge in [0, 0.05) is 34.4 Å². The molecule has 2 heterocycles. The molecule has 0 saturated carbocycles. The fourth-order valence-corrected chi connectivity index (χ4v) is 3.61. The van der Waals surface area contributed by atoms with E-state index >= 15 is 0 Å². The van der Waals surface area contributed by atoms with Crippen molar-refractivity contribution in [3.63, 3.8) is 0 Å². The summed E-state index contributed by atoms with van der Waals surface area (Å²) in [6.07, 6.45) is 1.75. The smallest absolute Gasteiger partial charge is 0.257 e. The molecule has 0 spiro atoms. The van der Waals surface area contributed by atoms with Crippen molar-refractivity contribution in [1.82, 2.24) is 4.98 Å². The molecule has 4 rings (SSSR count). The van der Waals surface area contributed by atoms with Crippen LogP contribution in [0.4, 0.5) is 10.8 Å². The summed E-state index contributed by atoms with van der Waals surface area (Å²) in [6, 6.07) is 15.9. The molecule has 0 aliphatic carbocycles. The number of hydrogen-bond donors (Lipinski definition) is 1. The van der Waals surface area contributed by atoms with Gasteiger partial charge < -0.3 is 9.64 Å². The van der Waals surface area contributed by atoms with Gasteiger partial charge in [0.05, 0.1) is 6.54 Å². The van der Waals surface area contributed by atoms with Gasteiger partial charge in [-0.15, -0.1) is 11.3 Å². The number of para-hydroxylation sites is 1. The lowest BCUT2D eigenvalue weighted by Gasteiger charge is -2.21. The van der Waals surface area contributed by atoms with Gasteiger partial charge in [0.1, 0.15) is 12.4 Å². The number of thiazole rings is 1. The van der Waals surface area contributed by atoms with E-state index < -0.39 is 0 Å². The monoisotopic (exact) mass is 365 g/mol. The standard InChI is InChI=1S/C20H19N3O2S/c1-14-12-21-20(26-14)22-19(24)15-7-8-16-13-23(9-10-25-18(16)11-15)17-5-3-2-4-6-17/h2-8,11-12H,9-10,13H2,1H3,(H,21,22,24). The second-order valence-corrected chi connectivity index (χ2v) is 7.39. The molecular weight excluding hydrogens is 346 g/mol. The number of hydrogen-bond acceptors (Lipinski definition) is 5. The summed E-state index contributed by atoms with van der Waals surface area (Å²) in [4.78, 5) is 20.0. The molecule has 26 heavy (non-hydrogen) atoms. The zero-order valence-corrected chi connectivity index (χ0v) is 15.3. The first kappa shape index (κ1) is 16.6. The number of amides is 1. The summed E-state index contributed by atoms with van der Waals surface area (Å²) in [5, 5.41) is 3.45. The van der Waals surface area contributed by atoms with Gasteiger partial charge in [0.2, 0.25) is 0 Å². The van der Waals surface area contributed by atoms with Gasteiger partial charge in [-0.3, -0.25) is 10.1 Å². The number of nitrogens with zero attached hydrogens (tertiary/aromatic N) is 2. The maximum absolute atomic E-state index is 12.5. The topological polar surface area (TPSA) is 54.5 Å². The van der Waals surface area contributed by atoms with Crippen molar-refractivity contribution in [3.8, 4) is 5.75 Å². The molecule has 0 radical (unpaired) electrons. The number of fused-ring (bicyclic) bond motifs is 1. The van der Waals surface area contributed by atoms with Crippen LogP contribution < -0.4 is 15.0 Å². The molecule has 1 aliphatic rings. The molecule has 1 aliphatic heterocycles.